The highest BCUT2D eigenvalue weighted by atomic mass is 31.2. The van der Waals surface area contributed by atoms with Gasteiger partial charge in [0.05, 0.1) is 39.9 Å². The van der Waals surface area contributed by atoms with Crippen LogP contribution >= 0.6 is 7.82 Å². The van der Waals surface area contributed by atoms with Crippen LogP contribution in [0.1, 0.15) is 264 Å². The highest BCUT2D eigenvalue weighted by molar-refractivity contribution is 7.47. The number of carbonyl (C=O) groups is 1. The van der Waals surface area contributed by atoms with E-state index in [9.17, 15) is 19.4 Å². The van der Waals surface area contributed by atoms with Crippen LogP contribution in [0.4, 0.5) is 0 Å². The average molecular weight is 938 g/mol. The summed E-state index contributed by atoms with van der Waals surface area (Å²) in [6.07, 6.45) is 61.0. The molecule has 0 rings (SSSR count). The molecular formula is C56H110N2O6P+. The minimum Gasteiger partial charge on any atom is -0.387 e. The number of hydrogen-bond donors (Lipinski definition) is 3. The third kappa shape index (κ3) is 50.4. The lowest BCUT2D eigenvalue weighted by atomic mass is 10.0. The summed E-state index contributed by atoms with van der Waals surface area (Å²) < 4.78 is 23.7. The summed E-state index contributed by atoms with van der Waals surface area (Å²) in [6.45, 7) is 4.82. The molecule has 3 unspecified atom stereocenters. The summed E-state index contributed by atoms with van der Waals surface area (Å²) in [5, 5.41) is 13.9. The van der Waals surface area contributed by atoms with Crippen molar-refractivity contribution in [2.45, 2.75) is 276 Å². The molecule has 0 aromatic heterocycles. The molecule has 0 saturated heterocycles. The van der Waals surface area contributed by atoms with Gasteiger partial charge in [0.15, 0.2) is 0 Å². The summed E-state index contributed by atoms with van der Waals surface area (Å²) in [5.41, 5.74) is 0. The quantitative estimate of drug-likeness (QED) is 0.0243. The first kappa shape index (κ1) is 63.7. The van der Waals surface area contributed by atoms with Crippen LogP contribution in [0, 0.1) is 0 Å². The van der Waals surface area contributed by atoms with E-state index in [2.05, 4.69) is 43.5 Å². The fourth-order valence-electron chi connectivity index (χ4n) is 8.17. The van der Waals surface area contributed by atoms with Crippen LogP contribution in [0.25, 0.3) is 0 Å². The standard InChI is InChI=1S/C56H109N2O6P/c1-6-8-10-12-14-16-18-20-22-24-25-26-27-28-29-30-31-32-33-34-36-38-40-42-44-46-48-50-56(60)57-54(53-64-65(61,62)63-52-51-58(3,4)5)55(59)49-47-45-43-41-39-37-35-23-21-19-17-15-13-11-9-7-2/h24-25,39,41,47,49,54-55,59H,6-23,26-38,40,42-46,48,50-53H2,1-5H3,(H-,57,60,61,62)/p+1/b25-24-,41-39+,49-47+. The molecule has 0 saturated carbocycles. The molecule has 0 aromatic carbocycles. The lowest BCUT2D eigenvalue weighted by Gasteiger charge is -2.25. The molecule has 8 nitrogen and oxygen atoms in total. The Morgan fingerprint density at radius 3 is 1.23 bits per heavy atom. The van der Waals surface area contributed by atoms with Crippen molar-refractivity contribution >= 4 is 13.7 Å². The molecule has 0 aromatic rings. The predicted molar refractivity (Wildman–Crippen MR) is 281 cm³/mol. The molecule has 0 bridgehead atoms. The molecule has 384 valence electrons. The van der Waals surface area contributed by atoms with Crippen molar-refractivity contribution in [1.82, 2.24) is 5.32 Å². The molecule has 0 aliphatic heterocycles. The van der Waals surface area contributed by atoms with Crippen molar-refractivity contribution in [2.75, 3.05) is 40.9 Å². The summed E-state index contributed by atoms with van der Waals surface area (Å²) in [5.74, 6) is -0.184. The number of quaternary nitrogens is 1. The van der Waals surface area contributed by atoms with Gasteiger partial charge in [-0.15, -0.1) is 0 Å². The maximum absolute atomic E-state index is 13.0. The Kier molecular flexibility index (Phi) is 46.8. The molecular weight excluding hydrogens is 828 g/mol. The van der Waals surface area contributed by atoms with Crippen molar-refractivity contribution < 1.29 is 32.9 Å². The number of allylic oxidation sites excluding steroid dienone is 5. The predicted octanol–water partition coefficient (Wildman–Crippen LogP) is 16.6. The number of nitrogens with one attached hydrogen (secondary N) is 1. The van der Waals surface area contributed by atoms with Crippen LogP contribution in [0.2, 0.25) is 0 Å². The minimum atomic E-state index is -4.35. The zero-order valence-corrected chi connectivity index (χ0v) is 44.6. The minimum absolute atomic E-state index is 0.0572. The number of unbranched alkanes of at least 4 members (excludes halogenated alkanes) is 34. The second kappa shape index (κ2) is 47.8. The van der Waals surface area contributed by atoms with E-state index in [1.54, 1.807) is 6.08 Å². The number of likely N-dealkylation sites (N-methyl/N-ethyl adjacent to an activating group) is 1. The molecule has 0 aliphatic rings. The number of rotatable bonds is 51. The zero-order chi connectivity index (χ0) is 47.8. The van der Waals surface area contributed by atoms with Crippen LogP contribution in [-0.4, -0.2) is 73.4 Å². The van der Waals surface area contributed by atoms with E-state index >= 15 is 0 Å². The molecule has 1 amide bonds. The van der Waals surface area contributed by atoms with Crippen LogP contribution in [0.5, 0.6) is 0 Å². The molecule has 9 heteroatoms. The Morgan fingerprint density at radius 1 is 0.508 bits per heavy atom. The van der Waals surface area contributed by atoms with E-state index in [1.165, 1.54) is 205 Å². The molecule has 65 heavy (non-hydrogen) atoms. The van der Waals surface area contributed by atoms with E-state index in [4.69, 9.17) is 9.05 Å². The van der Waals surface area contributed by atoms with E-state index in [0.29, 0.717) is 17.4 Å². The van der Waals surface area contributed by atoms with Gasteiger partial charge >= 0.3 is 7.82 Å². The number of hydrogen-bond acceptors (Lipinski definition) is 5. The third-order valence-corrected chi connectivity index (χ3v) is 13.6. The van der Waals surface area contributed by atoms with Gasteiger partial charge in [-0.1, -0.05) is 237 Å². The van der Waals surface area contributed by atoms with Crippen molar-refractivity contribution in [3.8, 4) is 0 Å². The van der Waals surface area contributed by atoms with Crippen molar-refractivity contribution in [3.63, 3.8) is 0 Å². The largest absolute Gasteiger partial charge is 0.472 e. The maximum Gasteiger partial charge on any atom is 0.472 e. The smallest absolute Gasteiger partial charge is 0.387 e. The zero-order valence-electron chi connectivity index (χ0n) is 43.7. The second-order valence-corrected chi connectivity index (χ2v) is 21.8. The normalized spacial score (nSPS) is 14.3. The van der Waals surface area contributed by atoms with Gasteiger partial charge in [0.1, 0.15) is 13.2 Å². The Hall–Kier alpha value is -1.28. The Bertz CT molecular complexity index is 1150. The monoisotopic (exact) mass is 938 g/mol. The Balaban J connectivity index is 4.18. The lowest BCUT2D eigenvalue weighted by Crippen LogP contribution is -2.45. The second-order valence-electron chi connectivity index (χ2n) is 20.3. The fourth-order valence-corrected chi connectivity index (χ4v) is 8.91. The topological polar surface area (TPSA) is 105 Å². The summed E-state index contributed by atoms with van der Waals surface area (Å²) in [6, 6.07) is -0.861. The van der Waals surface area contributed by atoms with Crippen molar-refractivity contribution in [1.29, 1.82) is 0 Å². The Morgan fingerprint density at radius 2 is 0.846 bits per heavy atom. The first-order valence-corrected chi connectivity index (χ1v) is 29.4. The highest BCUT2D eigenvalue weighted by Gasteiger charge is 2.27. The van der Waals surface area contributed by atoms with Gasteiger partial charge in [-0.05, 0) is 57.8 Å². The summed E-state index contributed by atoms with van der Waals surface area (Å²) in [7, 11) is 1.56. The lowest BCUT2D eigenvalue weighted by molar-refractivity contribution is -0.870. The molecule has 0 aliphatic carbocycles. The van der Waals surface area contributed by atoms with E-state index in [-0.39, 0.29) is 19.1 Å². The number of phosphoric acid groups is 1. The average Bonchev–Trinajstić information content (AvgIpc) is 3.26. The van der Waals surface area contributed by atoms with E-state index in [1.807, 2.05) is 27.2 Å². The number of amides is 1. The van der Waals surface area contributed by atoms with E-state index in [0.717, 1.165) is 38.5 Å². The fraction of sp³-hybridized carbons (Fsp3) is 0.875. The number of carbonyl (C=O) groups excluding carboxylic acids is 1. The number of phosphoric ester groups is 1. The molecule has 0 heterocycles. The first-order chi connectivity index (χ1) is 31.5. The van der Waals surface area contributed by atoms with Crippen molar-refractivity contribution in [3.05, 3.63) is 36.5 Å². The van der Waals surface area contributed by atoms with Crippen LogP contribution < -0.4 is 5.32 Å². The third-order valence-electron chi connectivity index (χ3n) is 12.6. The molecule has 0 fully saturated rings. The Labute approximate surface area is 404 Å². The SMILES string of the molecule is CCCCCCCCCC/C=C\CCCCCCCCCCCCCCCCCC(=O)NC(COP(=O)(O)OCC[N+](C)(C)C)C(O)/C=C/CC/C=C/CCCCCCCCCCCC. The number of aliphatic hydroxyl groups excluding tert-OH is 1. The molecule has 0 radical (unpaired) electrons. The van der Waals surface area contributed by atoms with Crippen LogP contribution in [0.3, 0.4) is 0 Å². The molecule has 0 spiro atoms. The highest BCUT2D eigenvalue weighted by Crippen LogP contribution is 2.43. The van der Waals surface area contributed by atoms with Gasteiger partial charge < -0.3 is 19.8 Å². The van der Waals surface area contributed by atoms with E-state index < -0.39 is 20.0 Å². The first-order valence-electron chi connectivity index (χ1n) is 27.9. The van der Waals surface area contributed by atoms with Gasteiger partial charge in [-0.25, -0.2) is 4.57 Å². The number of nitrogens with zero attached hydrogens (tertiary/aromatic N) is 1. The van der Waals surface area contributed by atoms with Crippen LogP contribution in [-0.2, 0) is 18.4 Å². The molecule has 3 N–H and O–H groups in total. The van der Waals surface area contributed by atoms with Gasteiger partial charge in [0.25, 0.3) is 0 Å². The van der Waals surface area contributed by atoms with Crippen LogP contribution in [0.15, 0.2) is 36.5 Å². The summed E-state index contributed by atoms with van der Waals surface area (Å²) >= 11 is 0. The van der Waals surface area contributed by atoms with Gasteiger partial charge in [-0.2, -0.15) is 0 Å². The van der Waals surface area contributed by atoms with Gasteiger partial charge in [0, 0.05) is 6.42 Å². The summed E-state index contributed by atoms with van der Waals surface area (Å²) in [4.78, 5) is 23.2. The number of aliphatic hydroxyl groups is 1. The molecule has 3 atom stereocenters. The van der Waals surface area contributed by atoms with Gasteiger partial charge in [0.2, 0.25) is 5.91 Å². The maximum atomic E-state index is 13.0. The van der Waals surface area contributed by atoms with Crippen molar-refractivity contribution in [2.24, 2.45) is 0 Å². The van der Waals surface area contributed by atoms with Gasteiger partial charge in [-0.3, -0.25) is 13.8 Å².